The standard InChI is InChI=1S/C22H24F2N2O2/c1-2-28-22(27)21-10-19-15(11-25-21)12-26(13-20(19)14-5-3-4-6-14)18-8-16(23)7-17(24)9-18/h7-11,14,20H,2-6,12-13H2,1H3. The lowest BCUT2D eigenvalue weighted by Crippen LogP contribution is -2.36. The van der Waals surface area contributed by atoms with Crippen LogP contribution in [0.1, 0.15) is 60.1 Å². The average Bonchev–Trinajstić information content (AvgIpc) is 3.20. The maximum absolute atomic E-state index is 13.8. The molecule has 2 aliphatic rings. The zero-order valence-electron chi connectivity index (χ0n) is 16.0. The summed E-state index contributed by atoms with van der Waals surface area (Å²) in [5.41, 5.74) is 2.99. The third-order valence-corrected chi connectivity index (χ3v) is 5.87. The molecule has 1 aliphatic heterocycles. The van der Waals surface area contributed by atoms with E-state index in [2.05, 4.69) is 4.98 Å². The summed E-state index contributed by atoms with van der Waals surface area (Å²) in [6.07, 6.45) is 6.37. The van der Waals surface area contributed by atoms with Crippen molar-refractivity contribution < 1.29 is 18.3 Å². The topological polar surface area (TPSA) is 42.4 Å². The lowest BCUT2D eigenvalue weighted by Gasteiger charge is -2.39. The first-order chi connectivity index (χ1) is 13.5. The lowest BCUT2D eigenvalue weighted by molar-refractivity contribution is 0.0519. The molecule has 1 saturated carbocycles. The van der Waals surface area contributed by atoms with Gasteiger partial charge < -0.3 is 9.64 Å². The highest BCUT2D eigenvalue weighted by atomic mass is 19.1. The van der Waals surface area contributed by atoms with Crippen LogP contribution in [0.4, 0.5) is 14.5 Å². The zero-order valence-corrected chi connectivity index (χ0v) is 16.0. The van der Waals surface area contributed by atoms with Crippen LogP contribution in [0.5, 0.6) is 0 Å². The number of carbonyl (C=O) groups excluding carboxylic acids is 1. The highest BCUT2D eigenvalue weighted by molar-refractivity contribution is 5.87. The van der Waals surface area contributed by atoms with Gasteiger partial charge in [-0.25, -0.2) is 18.6 Å². The summed E-state index contributed by atoms with van der Waals surface area (Å²) >= 11 is 0. The van der Waals surface area contributed by atoms with Crippen LogP contribution in [-0.4, -0.2) is 24.1 Å². The monoisotopic (exact) mass is 386 g/mol. The number of carbonyl (C=O) groups is 1. The molecule has 4 rings (SSSR count). The van der Waals surface area contributed by atoms with Crippen molar-refractivity contribution in [2.45, 2.75) is 45.1 Å². The van der Waals surface area contributed by atoms with Crippen LogP contribution in [-0.2, 0) is 11.3 Å². The SMILES string of the molecule is CCOC(=O)c1cc2c(cn1)CN(c1cc(F)cc(F)c1)CC2C1CCCC1. The van der Waals surface area contributed by atoms with E-state index in [9.17, 15) is 13.6 Å². The molecule has 1 aliphatic carbocycles. The van der Waals surface area contributed by atoms with Crippen molar-refractivity contribution in [3.05, 3.63) is 58.9 Å². The van der Waals surface area contributed by atoms with Gasteiger partial charge in [-0.15, -0.1) is 0 Å². The lowest BCUT2D eigenvalue weighted by atomic mass is 9.80. The Balaban J connectivity index is 1.71. The van der Waals surface area contributed by atoms with E-state index in [1.54, 1.807) is 13.1 Å². The maximum atomic E-state index is 13.8. The molecule has 6 heteroatoms. The maximum Gasteiger partial charge on any atom is 0.356 e. The summed E-state index contributed by atoms with van der Waals surface area (Å²) in [6.45, 7) is 3.26. The Morgan fingerprint density at radius 2 is 1.89 bits per heavy atom. The van der Waals surface area contributed by atoms with E-state index in [4.69, 9.17) is 4.74 Å². The molecular weight excluding hydrogens is 362 g/mol. The van der Waals surface area contributed by atoms with Crippen molar-refractivity contribution in [3.63, 3.8) is 0 Å². The number of benzene rings is 1. The Morgan fingerprint density at radius 1 is 1.18 bits per heavy atom. The Bertz CT molecular complexity index is 861. The molecule has 2 heterocycles. The number of pyridine rings is 1. The zero-order chi connectivity index (χ0) is 19.7. The third-order valence-electron chi connectivity index (χ3n) is 5.87. The van der Waals surface area contributed by atoms with Gasteiger partial charge in [-0.2, -0.15) is 0 Å². The van der Waals surface area contributed by atoms with E-state index >= 15 is 0 Å². The number of halogens is 2. The van der Waals surface area contributed by atoms with Crippen molar-refractivity contribution in [1.29, 1.82) is 0 Å². The summed E-state index contributed by atoms with van der Waals surface area (Å²) < 4.78 is 32.6. The molecule has 0 radical (unpaired) electrons. The second-order valence-corrected chi connectivity index (χ2v) is 7.65. The fourth-order valence-electron chi connectivity index (χ4n) is 4.58. The minimum atomic E-state index is -0.575. The van der Waals surface area contributed by atoms with Crippen molar-refractivity contribution in [3.8, 4) is 0 Å². The fraction of sp³-hybridized carbons (Fsp3) is 0.455. The molecule has 148 valence electrons. The van der Waals surface area contributed by atoms with Gasteiger partial charge in [0.25, 0.3) is 0 Å². The summed E-state index contributed by atoms with van der Waals surface area (Å²) in [5.74, 6) is -0.862. The van der Waals surface area contributed by atoms with Gasteiger partial charge in [-0.3, -0.25) is 0 Å². The number of rotatable bonds is 4. The van der Waals surface area contributed by atoms with Crippen LogP contribution in [0.15, 0.2) is 30.5 Å². The second-order valence-electron chi connectivity index (χ2n) is 7.65. The first-order valence-corrected chi connectivity index (χ1v) is 9.92. The molecule has 0 spiro atoms. The molecule has 2 aromatic rings. The fourth-order valence-corrected chi connectivity index (χ4v) is 4.58. The van der Waals surface area contributed by atoms with E-state index in [1.807, 2.05) is 11.0 Å². The number of hydrogen-bond donors (Lipinski definition) is 0. The summed E-state index contributed by atoms with van der Waals surface area (Å²) in [7, 11) is 0. The molecule has 4 nitrogen and oxygen atoms in total. The molecule has 1 fully saturated rings. The van der Waals surface area contributed by atoms with Crippen molar-refractivity contribution in [2.75, 3.05) is 18.1 Å². The average molecular weight is 386 g/mol. The summed E-state index contributed by atoms with van der Waals surface area (Å²) in [4.78, 5) is 18.4. The first-order valence-electron chi connectivity index (χ1n) is 9.92. The molecule has 0 saturated heterocycles. The van der Waals surface area contributed by atoms with Crippen LogP contribution in [0.3, 0.4) is 0 Å². The molecule has 1 aromatic carbocycles. The summed E-state index contributed by atoms with van der Waals surface area (Å²) in [6, 6.07) is 5.50. The highest BCUT2D eigenvalue weighted by Gasteiger charge is 2.34. The number of esters is 1. The minimum Gasteiger partial charge on any atom is -0.461 e. The largest absolute Gasteiger partial charge is 0.461 e. The number of anilines is 1. The molecule has 1 aromatic heterocycles. The van der Waals surface area contributed by atoms with E-state index in [-0.39, 0.29) is 5.92 Å². The number of nitrogens with zero attached hydrogens (tertiary/aromatic N) is 2. The van der Waals surface area contributed by atoms with Gasteiger partial charge >= 0.3 is 5.97 Å². The number of hydrogen-bond acceptors (Lipinski definition) is 4. The third kappa shape index (κ3) is 3.73. The Kier molecular flexibility index (Phi) is 5.29. The van der Waals surface area contributed by atoms with E-state index in [1.165, 1.54) is 25.0 Å². The van der Waals surface area contributed by atoms with Gasteiger partial charge in [0.05, 0.1) is 6.61 Å². The minimum absolute atomic E-state index is 0.203. The van der Waals surface area contributed by atoms with Gasteiger partial charge in [0.2, 0.25) is 0 Å². The molecule has 0 bridgehead atoms. The molecule has 1 unspecified atom stereocenters. The van der Waals surface area contributed by atoms with Crippen LogP contribution in [0, 0.1) is 17.6 Å². The highest BCUT2D eigenvalue weighted by Crippen LogP contribution is 2.42. The second kappa shape index (κ2) is 7.86. The molecule has 0 amide bonds. The number of ether oxygens (including phenoxy) is 1. The first kappa shape index (κ1) is 18.8. The molecule has 0 N–H and O–H groups in total. The van der Waals surface area contributed by atoms with Crippen LogP contribution in [0.25, 0.3) is 0 Å². The van der Waals surface area contributed by atoms with Crippen LogP contribution >= 0.6 is 0 Å². The van der Waals surface area contributed by atoms with Gasteiger partial charge in [-0.1, -0.05) is 12.8 Å². The van der Waals surface area contributed by atoms with Crippen LogP contribution in [0.2, 0.25) is 0 Å². The smallest absolute Gasteiger partial charge is 0.356 e. The molecular formula is C22H24F2N2O2. The molecule has 1 atom stereocenters. The van der Waals surface area contributed by atoms with Crippen molar-refractivity contribution in [2.24, 2.45) is 5.92 Å². The predicted molar refractivity (Wildman–Crippen MR) is 102 cm³/mol. The Labute approximate surface area is 163 Å². The number of fused-ring (bicyclic) bond motifs is 1. The quantitative estimate of drug-likeness (QED) is 0.706. The Hall–Kier alpha value is -2.50. The van der Waals surface area contributed by atoms with Crippen LogP contribution < -0.4 is 4.90 Å². The van der Waals surface area contributed by atoms with Gasteiger partial charge in [0.1, 0.15) is 17.3 Å². The predicted octanol–water partition coefficient (Wildman–Crippen LogP) is 4.83. The van der Waals surface area contributed by atoms with E-state index in [0.717, 1.165) is 30.0 Å². The van der Waals surface area contributed by atoms with E-state index < -0.39 is 17.6 Å². The van der Waals surface area contributed by atoms with Gasteiger partial charge in [0, 0.05) is 37.0 Å². The van der Waals surface area contributed by atoms with E-state index in [0.29, 0.717) is 37.0 Å². The van der Waals surface area contributed by atoms with Crippen molar-refractivity contribution in [1.82, 2.24) is 4.98 Å². The number of aromatic nitrogens is 1. The van der Waals surface area contributed by atoms with Crippen molar-refractivity contribution >= 4 is 11.7 Å². The normalized spacial score (nSPS) is 19.5. The van der Waals surface area contributed by atoms with Gasteiger partial charge in [-0.05, 0) is 55.0 Å². The Morgan fingerprint density at radius 3 is 2.57 bits per heavy atom. The summed E-state index contributed by atoms with van der Waals surface area (Å²) in [5, 5.41) is 0. The molecule has 28 heavy (non-hydrogen) atoms. The van der Waals surface area contributed by atoms with Gasteiger partial charge in [0.15, 0.2) is 0 Å².